The first-order valence-corrected chi connectivity index (χ1v) is 10.2. The fraction of sp³-hybridized carbons (Fsp3) is 0.417. The summed E-state index contributed by atoms with van der Waals surface area (Å²) in [7, 11) is 6.76. The van der Waals surface area contributed by atoms with Crippen LogP contribution in [0.25, 0.3) is 21.5 Å². The Balaban J connectivity index is 0.00000218. The lowest BCUT2D eigenvalue weighted by molar-refractivity contribution is 0.229. The van der Waals surface area contributed by atoms with E-state index in [1.165, 1.54) is 46.7 Å². The maximum atomic E-state index is 5.64. The third kappa shape index (κ3) is 3.08. The maximum Gasteiger partial charge on any atom is 0.161 e. The number of fused-ring (bicyclic) bond motifs is 7. The molecule has 0 bridgehead atoms. The number of benzene rings is 3. The van der Waals surface area contributed by atoms with Crippen molar-refractivity contribution in [3.05, 3.63) is 35.4 Å². The molecule has 3 aromatic rings. The molecule has 1 unspecified atom stereocenters. The zero-order valence-electron chi connectivity index (χ0n) is 17.9. The van der Waals surface area contributed by atoms with Crippen molar-refractivity contribution in [1.82, 2.24) is 4.90 Å². The fourth-order valence-corrected chi connectivity index (χ4v) is 5.22. The van der Waals surface area contributed by atoms with Gasteiger partial charge in [0.15, 0.2) is 23.0 Å². The van der Waals surface area contributed by atoms with Gasteiger partial charge in [-0.15, -0.1) is 17.0 Å². The van der Waals surface area contributed by atoms with E-state index in [4.69, 9.17) is 18.9 Å². The van der Waals surface area contributed by atoms with E-state index in [-0.39, 0.29) is 17.0 Å². The Bertz CT molecular complexity index is 1030. The lowest BCUT2D eigenvalue weighted by Gasteiger charge is -2.33. The monoisotopic (exact) mass is 473 g/mol. The van der Waals surface area contributed by atoms with Gasteiger partial charge in [-0.1, -0.05) is 0 Å². The SMILES string of the molecule is Br.COc1cc2c3c(c4cc(OC)c(OC)cc4c2cc1OC)CN1CCCC1C3. The van der Waals surface area contributed by atoms with Crippen molar-refractivity contribution in [2.45, 2.75) is 31.8 Å². The van der Waals surface area contributed by atoms with E-state index in [9.17, 15) is 0 Å². The third-order valence-corrected chi connectivity index (χ3v) is 6.65. The molecule has 0 spiro atoms. The van der Waals surface area contributed by atoms with Crippen LogP contribution in [0.15, 0.2) is 24.3 Å². The van der Waals surface area contributed by atoms with E-state index in [1.54, 1.807) is 28.4 Å². The van der Waals surface area contributed by atoms with Crippen LogP contribution in [0.4, 0.5) is 0 Å². The van der Waals surface area contributed by atoms with Gasteiger partial charge in [-0.25, -0.2) is 0 Å². The summed E-state index contributed by atoms with van der Waals surface area (Å²) in [5, 5.41) is 4.82. The van der Waals surface area contributed by atoms with Crippen molar-refractivity contribution in [1.29, 1.82) is 0 Å². The Kier molecular flexibility index (Phi) is 5.73. The third-order valence-electron chi connectivity index (χ3n) is 6.65. The van der Waals surface area contributed by atoms with Crippen molar-refractivity contribution in [2.75, 3.05) is 35.0 Å². The highest BCUT2D eigenvalue weighted by Gasteiger charge is 2.32. The predicted molar refractivity (Wildman–Crippen MR) is 125 cm³/mol. The first-order chi connectivity index (χ1) is 14.2. The molecule has 2 heterocycles. The summed E-state index contributed by atoms with van der Waals surface area (Å²) in [5.74, 6) is 3.03. The van der Waals surface area contributed by atoms with Crippen molar-refractivity contribution < 1.29 is 18.9 Å². The summed E-state index contributed by atoms with van der Waals surface area (Å²) in [6, 6.07) is 9.12. The highest BCUT2D eigenvalue weighted by molar-refractivity contribution is 8.93. The molecule has 0 radical (unpaired) electrons. The van der Waals surface area contributed by atoms with Gasteiger partial charge in [-0.3, -0.25) is 4.90 Å². The highest BCUT2D eigenvalue weighted by Crippen LogP contribution is 2.46. The lowest BCUT2D eigenvalue weighted by atomic mass is 9.85. The second kappa shape index (κ2) is 8.16. The molecular formula is C24H28BrNO4. The molecule has 1 atom stereocenters. The quantitative estimate of drug-likeness (QED) is 0.491. The Morgan fingerprint density at radius 1 is 0.700 bits per heavy atom. The molecule has 0 saturated carbocycles. The van der Waals surface area contributed by atoms with Crippen LogP contribution in [-0.4, -0.2) is 45.9 Å². The summed E-state index contributed by atoms with van der Waals surface area (Å²) in [5.41, 5.74) is 2.84. The van der Waals surface area contributed by atoms with Crippen LogP contribution in [0.2, 0.25) is 0 Å². The smallest absolute Gasteiger partial charge is 0.161 e. The molecule has 160 valence electrons. The molecule has 3 aromatic carbocycles. The zero-order valence-corrected chi connectivity index (χ0v) is 19.6. The minimum Gasteiger partial charge on any atom is -0.493 e. The number of nitrogens with zero attached hydrogens (tertiary/aromatic N) is 1. The van der Waals surface area contributed by atoms with Gasteiger partial charge in [-0.2, -0.15) is 0 Å². The summed E-state index contributed by atoms with van der Waals surface area (Å²) in [4.78, 5) is 2.63. The minimum absolute atomic E-state index is 0. The van der Waals surface area contributed by atoms with Crippen molar-refractivity contribution in [3.63, 3.8) is 0 Å². The second-order valence-corrected chi connectivity index (χ2v) is 7.93. The van der Waals surface area contributed by atoms with Gasteiger partial charge >= 0.3 is 0 Å². The molecule has 30 heavy (non-hydrogen) atoms. The largest absolute Gasteiger partial charge is 0.493 e. The standard InChI is InChI=1S/C24H27NO4.BrH/c1-26-21-9-16-15-8-14-6-5-7-25(14)13-20(15)19-12-24(29-4)23(28-3)11-18(19)17(16)10-22(21)27-2;/h9-12,14H,5-8,13H2,1-4H3;1H. The normalized spacial score (nSPS) is 17.9. The number of methoxy groups -OCH3 is 4. The lowest BCUT2D eigenvalue weighted by Crippen LogP contribution is -2.35. The number of ether oxygens (including phenoxy) is 4. The summed E-state index contributed by atoms with van der Waals surface area (Å²) in [6.45, 7) is 2.17. The Morgan fingerprint density at radius 2 is 1.17 bits per heavy atom. The topological polar surface area (TPSA) is 40.2 Å². The Labute approximate surface area is 187 Å². The molecule has 2 aliphatic rings. The summed E-state index contributed by atoms with van der Waals surface area (Å²) < 4.78 is 22.5. The molecule has 1 saturated heterocycles. The van der Waals surface area contributed by atoms with E-state index in [0.717, 1.165) is 41.3 Å². The fourth-order valence-electron chi connectivity index (χ4n) is 5.22. The Hall–Kier alpha value is -2.18. The number of halogens is 1. The molecule has 0 aliphatic carbocycles. The number of rotatable bonds is 4. The van der Waals surface area contributed by atoms with Crippen LogP contribution in [-0.2, 0) is 13.0 Å². The van der Waals surface area contributed by atoms with Crippen LogP contribution in [0.5, 0.6) is 23.0 Å². The Morgan fingerprint density at radius 3 is 1.67 bits per heavy atom. The molecule has 2 aliphatic heterocycles. The van der Waals surface area contributed by atoms with E-state index >= 15 is 0 Å². The van der Waals surface area contributed by atoms with Crippen molar-refractivity contribution in [2.24, 2.45) is 0 Å². The molecule has 0 N–H and O–H groups in total. The predicted octanol–water partition coefficient (Wildman–Crippen LogP) is 5.13. The van der Waals surface area contributed by atoms with Gasteiger partial charge in [0.25, 0.3) is 0 Å². The van der Waals surface area contributed by atoms with Crippen LogP contribution in [0, 0.1) is 0 Å². The van der Waals surface area contributed by atoms with E-state index in [1.807, 2.05) is 0 Å². The van der Waals surface area contributed by atoms with Gasteiger partial charge in [0, 0.05) is 12.6 Å². The highest BCUT2D eigenvalue weighted by atomic mass is 79.9. The zero-order chi connectivity index (χ0) is 20.1. The van der Waals surface area contributed by atoms with Crippen LogP contribution in [0.3, 0.4) is 0 Å². The molecule has 0 amide bonds. The molecule has 6 heteroatoms. The maximum absolute atomic E-state index is 5.64. The first kappa shape index (κ1) is 21.1. The van der Waals surface area contributed by atoms with Crippen LogP contribution in [0.1, 0.15) is 24.0 Å². The second-order valence-electron chi connectivity index (χ2n) is 7.93. The van der Waals surface area contributed by atoms with Gasteiger partial charge in [0.2, 0.25) is 0 Å². The summed E-state index contributed by atoms with van der Waals surface area (Å²) in [6.07, 6.45) is 3.63. The van der Waals surface area contributed by atoms with Gasteiger partial charge in [-0.05, 0) is 82.7 Å². The van der Waals surface area contributed by atoms with E-state index < -0.39 is 0 Å². The molecular weight excluding hydrogens is 446 g/mol. The van der Waals surface area contributed by atoms with Gasteiger partial charge in [0.1, 0.15) is 0 Å². The molecule has 5 nitrogen and oxygen atoms in total. The molecule has 1 fully saturated rings. The van der Waals surface area contributed by atoms with Crippen LogP contribution < -0.4 is 18.9 Å². The average Bonchev–Trinajstić information content (AvgIpc) is 3.23. The molecule has 0 aromatic heterocycles. The first-order valence-electron chi connectivity index (χ1n) is 10.2. The van der Waals surface area contributed by atoms with E-state index in [0.29, 0.717) is 6.04 Å². The van der Waals surface area contributed by atoms with Crippen LogP contribution >= 0.6 is 17.0 Å². The number of hydrogen-bond donors (Lipinski definition) is 0. The van der Waals surface area contributed by atoms with E-state index in [2.05, 4.69) is 29.2 Å². The minimum atomic E-state index is 0. The van der Waals surface area contributed by atoms with Crippen molar-refractivity contribution >= 4 is 38.5 Å². The van der Waals surface area contributed by atoms with Crippen molar-refractivity contribution in [3.8, 4) is 23.0 Å². The van der Waals surface area contributed by atoms with Gasteiger partial charge in [0.05, 0.1) is 28.4 Å². The number of hydrogen-bond acceptors (Lipinski definition) is 5. The average molecular weight is 474 g/mol. The molecule has 5 rings (SSSR count). The summed E-state index contributed by atoms with van der Waals surface area (Å²) >= 11 is 0. The van der Waals surface area contributed by atoms with Gasteiger partial charge < -0.3 is 18.9 Å².